The van der Waals surface area contributed by atoms with Crippen molar-refractivity contribution in [1.29, 1.82) is 0 Å². The lowest BCUT2D eigenvalue weighted by Crippen LogP contribution is -2.09. The molecular formula is C47H28N2O3. The van der Waals surface area contributed by atoms with Crippen LogP contribution in [0.4, 0.5) is 17.1 Å². The Bertz CT molecular complexity index is 3150. The maximum Gasteiger partial charge on any atom is 0.228 e. The first-order valence-corrected chi connectivity index (χ1v) is 17.4. The maximum absolute atomic E-state index is 6.61. The molecule has 5 nitrogen and oxygen atoms in total. The van der Waals surface area contributed by atoms with Crippen LogP contribution in [0, 0.1) is 0 Å². The average Bonchev–Trinajstić information content (AvgIpc) is 3.91. The molecule has 0 N–H and O–H groups in total. The van der Waals surface area contributed by atoms with Gasteiger partial charge in [0, 0.05) is 61.7 Å². The highest BCUT2D eigenvalue weighted by Gasteiger charge is 2.21. The van der Waals surface area contributed by atoms with Gasteiger partial charge in [0.2, 0.25) is 5.89 Å². The summed E-state index contributed by atoms with van der Waals surface area (Å²) in [6.07, 6.45) is 0. The van der Waals surface area contributed by atoms with Gasteiger partial charge in [-0.2, -0.15) is 0 Å². The molecule has 11 rings (SSSR count). The molecule has 0 aliphatic heterocycles. The molecule has 0 atom stereocenters. The van der Waals surface area contributed by atoms with E-state index >= 15 is 0 Å². The number of anilines is 3. The van der Waals surface area contributed by atoms with Gasteiger partial charge in [-0.3, -0.25) is 0 Å². The zero-order valence-corrected chi connectivity index (χ0v) is 27.8. The fourth-order valence-electron chi connectivity index (χ4n) is 7.66. The molecule has 0 saturated heterocycles. The molecule has 3 heterocycles. The van der Waals surface area contributed by atoms with Crippen molar-refractivity contribution in [2.45, 2.75) is 0 Å². The highest BCUT2D eigenvalue weighted by molar-refractivity contribution is 6.13. The van der Waals surface area contributed by atoms with E-state index in [0.29, 0.717) is 5.89 Å². The van der Waals surface area contributed by atoms with Crippen LogP contribution in [0.15, 0.2) is 183 Å². The summed E-state index contributed by atoms with van der Waals surface area (Å²) in [6, 6.07) is 58.6. The average molecular weight is 669 g/mol. The van der Waals surface area contributed by atoms with E-state index in [1.165, 1.54) is 0 Å². The molecule has 0 fully saturated rings. The van der Waals surface area contributed by atoms with E-state index in [9.17, 15) is 0 Å². The van der Waals surface area contributed by atoms with E-state index in [1.54, 1.807) is 0 Å². The number of para-hydroxylation sites is 1. The summed E-state index contributed by atoms with van der Waals surface area (Å²) in [7, 11) is 0. The number of hydrogen-bond acceptors (Lipinski definition) is 5. The molecule has 0 unspecified atom stereocenters. The summed E-state index contributed by atoms with van der Waals surface area (Å²) in [4.78, 5) is 7.21. The lowest BCUT2D eigenvalue weighted by atomic mass is 10.0. The minimum Gasteiger partial charge on any atom is -0.456 e. The molecule has 0 aliphatic rings. The van der Waals surface area contributed by atoms with Crippen LogP contribution < -0.4 is 4.90 Å². The molecule has 0 bridgehead atoms. The molecule has 0 spiro atoms. The summed E-state index contributed by atoms with van der Waals surface area (Å²) >= 11 is 0. The van der Waals surface area contributed by atoms with Crippen molar-refractivity contribution in [2.24, 2.45) is 0 Å². The topological polar surface area (TPSA) is 55.6 Å². The maximum atomic E-state index is 6.61. The first kappa shape index (κ1) is 28.7. The third-order valence-electron chi connectivity index (χ3n) is 10.1. The Morgan fingerprint density at radius 1 is 0.404 bits per heavy atom. The Morgan fingerprint density at radius 3 is 1.94 bits per heavy atom. The normalized spacial score (nSPS) is 11.8. The molecule has 0 saturated carbocycles. The summed E-state index contributed by atoms with van der Waals surface area (Å²) < 4.78 is 19.5. The molecule has 0 radical (unpaired) electrons. The van der Waals surface area contributed by atoms with E-state index < -0.39 is 0 Å². The van der Waals surface area contributed by atoms with Crippen molar-refractivity contribution < 1.29 is 13.3 Å². The van der Waals surface area contributed by atoms with Gasteiger partial charge in [0.05, 0.1) is 0 Å². The zero-order chi connectivity index (χ0) is 34.2. The second kappa shape index (κ2) is 11.2. The number of rotatable bonds is 5. The second-order valence-corrected chi connectivity index (χ2v) is 13.1. The fourth-order valence-corrected chi connectivity index (χ4v) is 7.66. The van der Waals surface area contributed by atoms with Gasteiger partial charge in [0.1, 0.15) is 27.8 Å². The van der Waals surface area contributed by atoms with Crippen molar-refractivity contribution >= 4 is 82.8 Å². The Hall–Kier alpha value is -7.11. The van der Waals surface area contributed by atoms with Gasteiger partial charge >= 0.3 is 0 Å². The van der Waals surface area contributed by atoms with Gasteiger partial charge in [-0.05, 0) is 77.2 Å². The molecule has 244 valence electrons. The zero-order valence-electron chi connectivity index (χ0n) is 27.8. The highest BCUT2D eigenvalue weighted by Crippen LogP contribution is 2.43. The summed E-state index contributed by atoms with van der Waals surface area (Å²) in [6.45, 7) is 0. The predicted molar refractivity (Wildman–Crippen MR) is 212 cm³/mol. The fraction of sp³-hybridized carbons (Fsp3) is 0. The van der Waals surface area contributed by atoms with Crippen molar-refractivity contribution in [1.82, 2.24) is 4.98 Å². The minimum atomic E-state index is 0.572. The lowest BCUT2D eigenvalue weighted by molar-refractivity contribution is 0.623. The van der Waals surface area contributed by atoms with Crippen LogP contribution in [0.2, 0.25) is 0 Å². The monoisotopic (exact) mass is 668 g/mol. The standard InChI is InChI=1S/C47H28N2O3/c1-2-10-29(11-3-1)31-13-8-14-32(26-31)49(33-21-23-37-36-16-6-7-18-41(36)50-43(37)27-33)34-22-24-38-44(28-34)51-42-19-9-17-39(45(38)42)47-48-40-25-20-30-12-4-5-15-35(30)46(40)52-47/h1-28H. The number of fused-ring (bicyclic) bond motifs is 9. The number of benzene rings is 8. The number of aromatic nitrogens is 1. The number of furan rings is 2. The largest absolute Gasteiger partial charge is 0.456 e. The summed E-state index contributed by atoms with van der Waals surface area (Å²) in [5, 5.41) is 6.33. The first-order chi connectivity index (χ1) is 25.7. The van der Waals surface area contributed by atoms with Gasteiger partial charge in [-0.25, -0.2) is 4.98 Å². The SMILES string of the molecule is c1ccc(-c2cccc(N(c3ccc4c(c3)oc3ccccc34)c3ccc4c(c3)oc3cccc(-c5nc6ccc7ccccc7c6o5)c34)c2)cc1. The van der Waals surface area contributed by atoms with Crippen LogP contribution in [-0.2, 0) is 0 Å². The van der Waals surface area contributed by atoms with Crippen LogP contribution in [0.3, 0.4) is 0 Å². The molecule has 11 aromatic rings. The third-order valence-corrected chi connectivity index (χ3v) is 10.1. The van der Waals surface area contributed by atoms with Crippen LogP contribution in [0.25, 0.3) is 88.3 Å². The van der Waals surface area contributed by atoms with Crippen molar-refractivity contribution in [2.75, 3.05) is 4.90 Å². The number of oxazole rings is 1. The molecule has 52 heavy (non-hydrogen) atoms. The summed E-state index contributed by atoms with van der Waals surface area (Å²) in [5.74, 6) is 0.572. The molecule has 0 aliphatic carbocycles. The van der Waals surface area contributed by atoms with Crippen LogP contribution in [0.1, 0.15) is 0 Å². The van der Waals surface area contributed by atoms with Crippen molar-refractivity contribution in [3.63, 3.8) is 0 Å². The second-order valence-electron chi connectivity index (χ2n) is 13.1. The van der Waals surface area contributed by atoms with Gasteiger partial charge in [0.25, 0.3) is 0 Å². The van der Waals surface area contributed by atoms with E-state index in [-0.39, 0.29) is 0 Å². The molecule has 5 heteroatoms. The van der Waals surface area contributed by atoms with Crippen LogP contribution in [0.5, 0.6) is 0 Å². The molecule has 8 aromatic carbocycles. The van der Waals surface area contributed by atoms with Gasteiger partial charge in [-0.15, -0.1) is 0 Å². The van der Waals surface area contributed by atoms with Gasteiger partial charge < -0.3 is 18.2 Å². The Kier molecular flexibility index (Phi) is 6.18. The van der Waals surface area contributed by atoms with E-state index in [4.69, 9.17) is 18.2 Å². The van der Waals surface area contributed by atoms with E-state index in [1.807, 2.05) is 54.6 Å². The third kappa shape index (κ3) is 4.46. The lowest BCUT2D eigenvalue weighted by Gasteiger charge is -2.26. The smallest absolute Gasteiger partial charge is 0.228 e. The van der Waals surface area contributed by atoms with Crippen LogP contribution in [-0.4, -0.2) is 4.98 Å². The number of nitrogens with zero attached hydrogens (tertiary/aromatic N) is 2. The Balaban J connectivity index is 1.09. The molecule has 3 aromatic heterocycles. The van der Waals surface area contributed by atoms with Gasteiger partial charge in [-0.1, -0.05) is 97.1 Å². The Morgan fingerprint density at radius 2 is 1.06 bits per heavy atom. The first-order valence-electron chi connectivity index (χ1n) is 17.4. The van der Waals surface area contributed by atoms with E-state index in [2.05, 4.69) is 120 Å². The summed E-state index contributed by atoms with van der Waals surface area (Å²) in [5.41, 5.74) is 11.0. The predicted octanol–water partition coefficient (Wildman–Crippen LogP) is 13.6. The van der Waals surface area contributed by atoms with Crippen LogP contribution >= 0.6 is 0 Å². The molecule has 0 amide bonds. The van der Waals surface area contributed by atoms with Crippen molar-refractivity contribution in [3.8, 4) is 22.6 Å². The van der Waals surface area contributed by atoms with E-state index in [0.717, 1.165) is 99.5 Å². The molecular weight excluding hydrogens is 641 g/mol. The highest BCUT2D eigenvalue weighted by atomic mass is 16.4. The number of hydrogen-bond donors (Lipinski definition) is 0. The minimum absolute atomic E-state index is 0.572. The quantitative estimate of drug-likeness (QED) is 0.183. The van der Waals surface area contributed by atoms with Crippen molar-refractivity contribution in [3.05, 3.63) is 170 Å². The Labute approximate surface area is 297 Å². The van der Waals surface area contributed by atoms with Gasteiger partial charge in [0.15, 0.2) is 5.58 Å².